The van der Waals surface area contributed by atoms with Crippen LogP contribution in [0.1, 0.15) is 37.2 Å². The van der Waals surface area contributed by atoms with E-state index in [1.165, 1.54) is 6.07 Å². The summed E-state index contributed by atoms with van der Waals surface area (Å²) in [6.45, 7) is 4.08. The monoisotopic (exact) mass is 259 g/mol. The van der Waals surface area contributed by atoms with Crippen LogP contribution in [0.4, 0.5) is 0 Å². The minimum atomic E-state index is -1.04. The van der Waals surface area contributed by atoms with Crippen molar-refractivity contribution in [2.45, 2.75) is 32.8 Å². The highest BCUT2D eigenvalue weighted by Gasteiger charge is 2.13. The molecule has 1 heterocycles. The zero-order chi connectivity index (χ0) is 13.8. The standard InChI is InChI=1S/C15H17NO3/c1-3-6-10(2)19-14-9-13(15(17)18)16-12-8-5-4-7-11(12)14/h4-5,7-10H,3,6H2,1-2H3,(H,17,18). The Kier molecular flexibility index (Phi) is 4.00. The molecule has 4 heteroatoms. The molecule has 0 fully saturated rings. The molecule has 1 atom stereocenters. The zero-order valence-electron chi connectivity index (χ0n) is 11.1. The number of nitrogens with zero attached hydrogens (tertiary/aromatic N) is 1. The molecule has 0 radical (unpaired) electrons. The van der Waals surface area contributed by atoms with Crippen LogP contribution >= 0.6 is 0 Å². The summed E-state index contributed by atoms with van der Waals surface area (Å²) >= 11 is 0. The maximum absolute atomic E-state index is 11.1. The van der Waals surface area contributed by atoms with E-state index in [1.54, 1.807) is 6.07 Å². The van der Waals surface area contributed by atoms with Gasteiger partial charge in [-0.15, -0.1) is 0 Å². The number of benzene rings is 1. The van der Waals surface area contributed by atoms with Crippen LogP contribution in [0, 0.1) is 0 Å². The van der Waals surface area contributed by atoms with Gasteiger partial charge in [-0.1, -0.05) is 25.5 Å². The molecule has 4 nitrogen and oxygen atoms in total. The smallest absolute Gasteiger partial charge is 0.354 e. The number of hydrogen-bond donors (Lipinski definition) is 1. The molecule has 1 unspecified atom stereocenters. The van der Waals surface area contributed by atoms with Gasteiger partial charge < -0.3 is 9.84 Å². The number of pyridine rings is 1. The maximum Gasteiger partial charge on any atom is 0.354 e. The summed E-state index contributed by atoms with van der Waals surface area (Å²) in [5, 5.41) is 9.93. The molecule has 2 rings (SSSR count). The van der Waals surface area contributed by atoms with E-state index >= 15 is 0 Å². The predicted octanol–water partition coefficient (Wildman–Crippen LogP) is 3.50. The third-order valence-electron chi connectivity index (χ3n) is 2.92. The lowest BCUT2D eigenvalue weighted by molar-refractivity contribution is 0.0690. The summed E-state index contributed by atoms with van der Waals surface area (Å²) in [4.78, 5) is 15.2. The number of ether oxygens (including phenoxy) is 1. The van der Waals surface area contributed by atoms with Gasteiger partial charge in [-0.2, -0.15) is 0 Å². The van der Waals surface area contributed by atoms with Crippen LogP contribution in [0.15, 0.2) is 30.3 Å². The summed E-state index contributed by atoms with van der Waals surface area (Å²) in [5.74, 6) is -0.456. The van der Waals surface area contributed by atoms with Gasteiger partial charge in [0.05, 0.1) is 11.6 Å². The van der Waals surface area contributed by atoms with E-state index in [0.717, 1.165) is 18.2 Å². The summed E-state index contributed by atoms with van der Waals surface area (Å²) in [7, 11) is 0. The Bertz CT molecular complexity index is 595. The second-order valence-corrected chi connectivity index (χ2v) is 4.55. The minimum Gasteiger partial charge on any atom is -0.490 e. The molecule has 2 aromatic rings. The molecule has 0 aliphatic heterocycles. The number of aromatic carboxylic acids is 1. The van der Waals surface area contributed by atoms with Crippen molar-refractivity contribution in [3.05, 3.63) is 36.0 Å². The second kappa shape index (κ2) is 5.69. The van der Waals surface area contributed by atoms with Crippen LogP contribution in [0.3, 0.4) is 0 Å². The molecule has 0 spiro atoms. The Morgan fingerprint density at radius 3 is 2.84 bits per heavy atom. The SMILES string of the molecule is CCCC(C)Oc1cc(C(=O)O)nc2ccccc12. The molecule has 100 valence electrons. The van der Waals surface area contributed by atoms with Crippen LogP contribution in [-0.2, 0) is 0 Å². The lowest BCUT2D eigenvalue weighted by atomic mass is 10.1. The van der Waals surface area contributed by atoms with E-state index in [4.69, 9.17) is 9.84 Å². The Morgan fingerprint density at radius 1 is 1.42 bits per heavy atom. The highest BCUT2D eigenvalue weighted by atomic mass is 16.5. The Hall–Kier alpha value is -2.10. The molecular formula is C15H17NO3. The van der Waals surface area contributed by atoms with E-state index in [2.05, 4.69) is 11.9 Å². The molecule has 19 heavy (non-hydrogen) atoms. The summed E-state index contributed by atoms with van der Waals surface area (Å²) < 4.78 is 5.86. The van der Waals surface area contributed by atoms with Crippen molar-refractivity contribution in [3.63, 3.8) is 0 Å². The normalized spacial score (nSPS) is 12.3. The summed E-state index contributed by atoms with van der Waals surface area (Å²) in [6, 6.07) is 8.90. The third kappa shape index (κ3) is 3.02. The number of para-hydroxylation sites is 1. The first-order valence-electron chi connectivity index (χ1n) is 6.41. The van der Waals surface area contributed by atoms with Crippen molar-refractivity contribution >= 4 is 16.9 Å². The highest BCUT2D eigenvalue weighted by molar-refractivity contribution is 5.93. The van der Waals surface area contributed by atoms with Crippen LogP contribution < -0.4 is 4.74 Å². The van der Waals surface area contributed by atoms with E-state index in [-0.39, 0.29) is 11.8 Å². The van der Waals surface area contributed by atoms with Crippen molar-refractivity contribution in [2.75, 3.05) is 0 Å². The fourth-order valence-corrected chi connectivity index (χ4v) is 2.03. The first-order chi connectivity index (χ1) is 9.11. The summed E-state index contributed by atoms with van der Waals surface area (Å²) in [5.41, 5.74) is 0.651. The number of rotatable bonds is 5. The first kappa shape index (κ1) is 13.3. The highest BCUT2D eigenvalue weighted by Crippen LogP contribution is 2.27. The van der Waals surface area contributed by atoms with Crippen molar-refractivity contribution in [1.29, 1.82) is 0 Å². The van der Waals surface area contributed by atoms with Gasteiger partial charge in [0, 0.05) is 11.5 Å². The van der Waals surface area contributed by atoms with Crippen molar-refractivity contribution < 1.29 is 14.6 Å². The van der Waals surface area contributed by atoms with Crippen LogP contribution in [0.2, 0.25) is 0 Å². The lowest BCUT2D eigenvalue weighted by Crippen LogP contribution is -2.12. The van der Waals surface area contributed by atoms with Crippen LogP contribution in [0.5, 0.6) is 5.75 Å². The molecule has 0 amide bonds. The second-order valence-electron chi connectivity index (χ2n) is 4.55. The van der Waals surface area contributed by atoms with Gasteiger partial charge in [0.15, 0.2) is 5.69 Å². The molecule has 0 saturated heterocycles. The first-order valence-corrected chi connectivity index (χ1v) is 6.41. The number of carbonyl (C=O) groups is 1. The molecular weight excluding hydrogens is 242 g/mol. The predicted molar refractivity (Wildman–Crippen MR) is 73.7 cm³/mol. The fourth-order valence-electron chi connectivity index (χ4n) is 2.03. The van der Waals surface area contributed by atoms with E-state index < -0.39 is 5.97 Å². The molecule has 0 aliphatic rings. The Morgan fingerprint density at radius 2 is 2.16 bits per heavy atom. The van der Waals surface area contributed by atoms with Crippen molar-refractivity contribution in [3.8, 4) is 5.75 Å². The van der Waals surface area contributed by atoms with Gasteiger partial charge >= 0.3 is 5.97 Å². The summed E-state index contributed by atoms with van der Waals surface area (Å²) in [6.07, 6.45) is 2.01. The van der Waals surface area contributed by atoms with Crippen LogP contribution in [-0.4, -0.2) is 22.2 Å². The third-order valence-corrected chi connectivity index (χ3v) is 2.92. The molecule has 1 aromatic heterocycles. The number of carboxylic acid groups (broad SMARTS) is 1. The zero-order valence-corrected chi connectivity index (χ0v) is 11.1. The number of carboxylic acids is 1. The van der Waals surface area contributed by atoms with Gasteiger partial charge in [0.1, 0.15) is 5.75 Å². The molecule has 0 saturated carbocycles. The topological polar surface area (TPSA) is 59.4 Å². The number of hydrogen-bond acceptors (Lipinski definition) is 3. The Balaban J connectivity index is 2.47. The number of fused-ring (bicyclic) bond motifs is 1. The van der Waals surface area contributed by atoms with E-state index in [0.29, 0.717) is 11.3 Å². The number of aromatic nitrogens is 1. The molecule has 0 aliphatic carbocycles. The molecule has 1 N–H and O–H groups in total. The largest absolute Gasteiger partial charge is 0.490 e. The molecule has 1 aromatic carbocycles. The van der Waals surface area contributed by atoms with Gasteiger partial charge in [0.25, 0.3) is 0 Å². The van der Waals surface area contributed by atoms with Gasteiger partial charge in [0.2, 0.25) is 0 Å². The van der Waals surface area contributed by atoms with Crippen molar-refractivity contribution in [2.24, 2.45) is 0 Å². The quantitative estimate of drug-likeness (QED) is 0.892. The average Bonchev–Trinajstić information content (AvgIpc) is 2.38. The lowest BCUT2D eigenvalue weighted by Gasteiger charge is -2.16. The fraction of sp³-hybridized carbons (Fsp3) is 0.333. The van der Waals surface area contributed by atoms with Gasteiger partial charge in [-0.3, -0.25) is 0 Å². The minimum absolute atomic E-state index is 0.0115. The van der Waals surface area contributed by atoms with Gasteiger partial charge in [-0.05, 0) is 25.5 Å². The van der Waals surface area contributed by atoms with E-state index in [1.807, 2.05) is 25.1 Å². The maximum atomic E-state index is 11.1. The van der Waals surface area contributed by atoms with Gasteiger partial charge in [-0.25, -0.2) is 9.78 Å². The van der Waals surface area contributed by atoms with E-state index in [9.17, 15) is 4.79 Å². The molecule has 0 bridgehead atoms. The average molecular weight is 259 g/mol. The van der Waals surface area contributed by atoms with Crippen LogP contribution in [0.25, 0.3) is 10.9 Å². The Labute approximate surface area is 112 Å². The van der Waals surface area contributed by atoms with Crippen molar-refractivity contribution in [1.82, 2.24) is 4.98 Å².